The number of piperidine rings is 1. The summed E-state index contributed by atoms with van der Waals surface area (Å²) in [6.45, 7) is 7.37. The molecule has 1 aromatic heterocycles. The van der Waals surface area contributed by atoms with Crippen molar-refractivity contribution in [3.63, 3.8) is 0 Å². The Labute approximate surface area is 162 Å². The number of rotatable bonds is 5. The van der Waals surface area contributed by atoms with E-state index in [1.54, 1.807) is 0 Å². The molecule has 2 aliphatic rings. The van der Waals surface area contributed by atoms with Crippen LogP contribution in [0, 0.1) is 11.8 Å². The maximum Gasteiger partial charge on any atom is 0.220 e. The lowest BCUT2D eigenvalue weighted by Gasteiger charge is -2.29. The van der Waals surface area contributed by atoms with Gasteiger partial charge in [0.25, 0.3) is 0 Å². The van der Waals surface area contributed by atoms with Gasteiger partial charge in [0, 0.05) is 19.4 Å². The van der Waals surface area contributed by atoms with Crippen molar-refractivity contribution >= 4 is 30.7 Å². The molecule has 0 aliphatic carbocycles. The lowest BCUT2D eigenvalue weighted by Crippen LogP contribution is -2.36. The molecule has 8 heteroatoms. The summed E-state index contributed by atoms with van der Waals surface area (Å²) in [6.07, 6.45) is 5.85. The number of nitrogens with one attached hydrogen (secondary N) is 2. The largest absolute Gasteiger partial charge is 0.346 e. The average molecular weight is 392 g/mol. The zero-order valence-corrected chi connectivity index (χ0v) is 16.8. The molecule has 3 heterocycles. The Morgan fingerprint density at radius 2 is 2.04 bits per heavy atom. The van der Waals surface area contributed by atoms with Crippen molar-refractivity contribution in [1.82, 2.24) is 25.4 Å². The summed E-state index contributed by atoms with van der Waals surface area (Å²) < 4.78 is 1.98. The second kappa shape index (κ2) is 10.3. The van der Waals surface area contributed by atoms with E-state index < -0.39 is 0 Å². The first-order valence-electron chi connectivity index (χ1n) is 9.11. The summed E-state index contributed by atoms with van der Waals surface area (Å²) in [7, 11) is 0. The van der Waals surface area contributed by atoms with E-state index in [4.69, 9.17) is 0 Å². The SMILES string of the molecule is CCc1nc2n(n1)CCCC2NC(=O)CC(C)C1CCNCC1.Cl.Cl. The highest BCUT2D eigenvalue weighted by molar-refractivity contribution is 5.85. The fraction of sp³-hybridized carbons (Fsp3) is 0.824. The molecule has 25 heavy (non-hydrogen) atoms. The number of aryl methyl sites for hydroxylation is 2. The minimum atomic E-state index is 0. The Hall–Kier alpha value is -0.850. The molecule has 1 saturated heterocycles. The third-order valence-electron chi connectivity index (χ3n) is 5.27. The third kappa shape index (κ3) is 5.56. The van der Waals surface area contributed by atoms with Crippen LogP contribution in [0.15, 0.2) is 0 Å². The van der Waals surface area contributed by atoms with Crippen LogP contribution in [0.1, 0.15) is 63.6 Å². The first-order chi connectivity index (χ1) is 11.2. The van der Waals surface area contributed by atoms with Crippen molar-refractivity contribution in [2.75, 3.05) is 13.1 Å². The minimum absolute atomic E-state index is 0. The maximum absolute atomic E-state index is 12.5. The lowest BCUT2D eigenvalue weighted by molar-refractivity contribution is -0.123. The molecule has 2 atom stereocenters. The standard InChI is InChI=1S/C17H29N5O.2ClH/c1-3-15-20-17-14(5-4-10-22(17)21-15)19-16(23)11-12(2)13-6-8-18-9-7-13;;/h12-14,18H,3-11H2,1-2H3,(H,19,23);2*1H. The predicted octanol–water partition coefficient (Wildman–Crippen LogP) is 2.66. The first-order valence-corrected chi connectivity index (χ1v) is 9.11. The summed E-state index contributed by atoms with van der Waals surface area (Å²) in [4.78, 5) is 17.1. The van der Waals surface area contributed by atoms with E-state index in [1.165, 1.54) is 12.8 Å². The summed E-state index contributed by atoms with van der Waals surface area (Å²) in [5.41, 5.74) is 0. The number of amides is 1. The molecule has 0 radical (unpaired) electrons. The number of aromatic nitrogens is 3. The molecule has 2 unspecified atom stereocenters. The Morgan fingerprint density at radius 3 is 2.72 bits per heavy atom. The van der Waals surface area contributed by atoms with Crippen LogP contribution in [-0.4, -0.2) is 33.8 Å². The van der Waals surface area contributed by atoms with Crippen LogP contribution < -0.4 is 10.6 Å². The van der Waals surface area contributed by atoms with E-state index in [1.807, 2.05) is 4.68 Å². The van der Waals surface area contributed by atoms with Gasteiger partial charge in [0.05, 0.1) is 6.04 Å². The highest BCUT2D eigenvalue weighted by Crippen LogP contribution is 2.26. The number of carbonyl (C=O) groups is 1. The summed E-state index contributed by atoms with van der Waals surface area (Å²) in [6, 6.07) is 0.0317. The molecule has 144 valence electrons. The van der Waals surface area contributed by atoms with Crippen molar-refractivity contribution in [3.8, 4) is 0 Å². The number of nitrogens with zero attached hydrogens (tertiary/aromatic N) is 3. The van der Waals surface area contributed by atoms with Gasteiger partial charge in [-0.2, -0.15) is 5.10 Å². The molecule has 0 aromatic carbocycles. The molecule has 6 nitrogen and oxygen atoms in total. The van der Waals surface area contributed by atoms with Gasteiger partial charge in [-0.3, -0.25) is 4.79 Å². The predicted molar refractivity (Wildman–Crippen MR) is 103 cm³/mol. The number of carbonyl (C=O) groups excluding carboxylic acids is 1. The summed E-state index contributed by atoms with van der Waals surface area (Å²) in [5.74, 6) is 3.10. The molecular formula is C17H31Cl2N5O. The van der Waals surface area contributed by atoms with Crippen LogP contribution in [0.4, 0.5) is 0 Å². The van der Waals surface area contributed by atoms with Crippen molar-refractivity contribution in [2.24, 2.45) is 11.8 Å². The smallest absolute Gasteiger partial charge is 0.220 e. The average Bonchev–Trinajstić information content (AvgIpc) is 3.00. The number of hydrogen-bond acceptors (Lipinski definition) is 4. The van der Waals surface area contributed by atoms with E-state index in [-0.39, 0.29) is 36.8 Å². The van der Waals surface area contributed by atoms with E-state index in [0.29, 0.717) is 18.3 Å². The zero-order valence-electron chi connectivity index (χ0n) is 15.2. The monoisotopic (exact) mass is 391 g/mol. The van der Waals surface area contributed by atoms with Gasteiger partial charge in [0.2, 0.25) is 5.91 Å². The van der Waals surface area contributed by atoms with Crippen LogP contribution in [0.25, 0.3) is 0 Å². The second-order valence-corrected chi connectivity index (χ2v) is 6.99. The Bertz CT molecular complexity index is 545. The van der Waals surface area contributed by atoms with Gasteiger partial charge < -0.3 is 10.6 Å². The molecule has 3 rings (SSSR count). The van der Waals surface area contributed by atoms with Gasteiger partial charge in [-0.25, -0.2) is 9.67 Å². The van der Waals surface area contributed by atoms with E-state index in [0.717, 1.165) is 50.5 Å². The van der Waals surface area contributed by atoms with Crippen molar-refractivity contribution in [3.05, 3.63) is 11.6 Å². The zero-order chi connectivity index (χ0) is 16.2. The maximum atomic E-state index is 12.5. The third-order valence-corrected chi connectivity index (χ3v) is 5.27. The van der Waals surface area contributed by atoms with Gasteiger partial charge in [0.1, 0.15) is 5.82 Å². The van der Waals surface area contributed by atoms with Crippen LogP contribution in [0.2, 0.25) is 0 Å². The molecule has 0 spiro atoms. The first kappa shape index (κ1) is 22.2. The topological polar surface area (TPSA) is 71.8 Å². The van der Waals surface area contributed by atoms with Crippen molar-refractivity contribution in [1.29, 1.82) is 0 Å². The highest BCUT2D eigenvalue weighted by atomic mass is 35.5. The van der Waals surface area contributed by atoms with E-state index in [2.05, 4.69) is 34.6 Å². The summed E-state index contributed by atoms with van der Waals surface area (Å²) >= 11 is 0. The Balaban J connectivity index is 0.00000156. The second-order valence-electron chi connectivity index (χ2n) is 6.99. The van der Waals surface area contributed by atoms with Crippen LogP contribution in [0.5, 0.6) is 0 Å². The molecule has 1 aromatic rings. The van der Waals surface area contributed by atoms with Crippen molar-refractivity contribution < 1.29 is 4.79 Å². The number of halogens is 2. The molecule has 2 aliphatic heterocycles. The fourth-order valence-corrected chi connectivity index (χ4v) is 3.81. The van der Waals surface area contributed by atoms with Gasteiger partial charge in [-0.15, -0.1) is 24.8 Å². The van der Waals surface area contributed by atoms with Gasteiger partial charge in [0.15, 0.2) is 5.82 Å². The number of hydrogen-bond donors (Lipinski definition) is 2. The van der Waals surface area contributed by atoms with Crippen LogP contribution >= 0.6 is 24.8 Å². The van der Waals surface area contributed by atoms with Gasteiger partial charge in [-0.05, 0) is 50.6 Å². The van der Waals surface area contributed by atoms with E-state index >= 15 is 0 Å². The molecule has 1 fully saturated rings. The Kier molecular flexibility index (Phi) is 9.17. The van der Waals surface area contributed by atoms with Crippen LogP contribution in [0.3, 0.4) is 0 Å². The minimum Gasteiger partial charge on any atom is -0.346 e. The summed E-state index contributed by atoms with van der Waals surface area (Å²) in [5, 5.41) is 11.1. The fourth-order valence-electron chi connectivity index (χ4n) is 3.81. The normalized spacial score (nSPS) is 21.4. The van der Waals surface area contributed by atoms with Crippen molar-refractivity contribution in [2.45, 2.75) is 65.0 Å². The van der Waals surface area contributed by atoms with E-state index in [9.17, 15) is 4.79 Å². The molecule has 2 N–H and O–H groups in total. The quantitative estimate of drug-likeness (QED) is 0.808. The molecular weight excluding hydrogens is 361 g/mol. The lowest BCUT2D eigenvalue weighted by atomic mass is 9.84. The van der Waals surface area contributed by atoms with Crippen LogP contribution in [-0.2, 0) is 17.8 Å². The highest BCUT2D eigenvalue weighted by Gasteiger charge is 2.27. The molecule has 1 amide bonds. The molecule has 0 saturated carbocycles. The Morgan fingerprint density at radius 1 is 1.32 bits per heavy atom. The van der Waals surface area contributed by atoms with Gasteiger partial charge in [-0.1, -0.05) is 13.8 Å². The molecule has 0 bridgehead atoms. The number of fused-ring (bicyclic) bond motifs is 1. The van der Waals surface area contributed by atoms with Gasteiger partial charge >= 0.3 is 0 Å².